The van der Waals surface area contributed by atoms with Crippen LogP contribution >= 0.6 is 0 Å². The molecule has 43 heavy (non-hydrogen) atoms. The maximum atomic E-state index is 15.5. The van der Waals surface area contributed by atoms with Crippen LogP contribution in [0.25, 0.3) is 22.3 Å². The molecule has 4 N–H and O–H groups in total. The quantitative estimate of drug-likeness (QED) is 0.248. The summed E-state index contributed by atoms with van der Waals surface area (Å²) in [6, 6.07) is 14.2. The first kappa shape index (κ1) is 29.9. The van der Waals surface area contributed by atoms with Crippen LogP contribution in [0, 0.1) is 19.7 Å². The summed E-state index contributed by atoms with van der Waals surface area (Å²) in [7, 11) is 2.79. The van der Waals surface area contributed by atoms with Gasteiger partial charge in [-0.25, -0.2) is 9.18 Å². The first-order valence-corrected chi connectivity index (χ1v) is 13.8. The Labute approximate surface area is 247 Å². The van der Waals surface area contributed by atoms with Crippen molar-refractivity contribution in [2.75, 3.05) is 25.6 Å². The standard InChI is InChI=1S/C32H33FN4O6/c1-17-20(19-11-25(33)23(29(12-19)42-4)13-34-27-15-43-16-28(27)38)7-5-8-21(17)22-9-6-10-26(18(22)2)36-30(39)24-14-35-32(41)37(3)31(24)40/h5-12,14,27-28,34,38H,13,15-16H2,1-4H3,(H,35,41)(H,36,39)/t27-,28+/m1/s1. The molecule has 0 spiro atoms. The number of carbonyl (C=O) groups excluding carboxylic acids is 1. The molecule has 1 amide bonds. The van der Waals surface area contributed by atoms with Crippen molar-refractivity contribution < 1.29 is 23.8 Å². The van der Waals surface area contributed by atoms with Gasteiger partial charge in [0.15, 0.2) is 0 Å². The SMILES string of the molecule is COc1cc(-c2cccc(-c3cccc(NC(=O)c4c[nH]c(=O)n(C)c4=O)c3C)c2C)cc(F)c1CN[C@@H]1COC[C@@H]1O. The van der Waals surface area contributed by atoms with Gasteiger partial charge < -0.3 is 30.2 Å². The molecule has 5 rings (SSSR count). The molecule has 1 aliphatic heterocycles. The Morgan fingerprint density at radius 2 is 1.79 bits per heavy atom. The van der Waals surface area contributed by atoms with E-state index in [4.69, 9.17) is 9.47 Å². The molecule has 0 aliphatic carbocycles. The maximum Gasteiger partial charge on any atom is 0.328 e. The Balaban J connectivity index is 1.45. The number of carbonyl (C=O) groups is 1. The zero-order valence-corrected chi connectivity index (χ0v) is 24.3. The normalized spacial score (nSPS) is 16.3. The number of amides is 1. The van der Waals surface area contributed by atoms with Crippen molar-refractivity contribution in [1.29, 1.82) is 0 Å². The van der Waals surface area contributed by atoms with Crippen LogP contribution in [0.2, 0.25) is 0 Å². The molecule has 11 heteroatoms. The fourth-order valence-corrected chi connectivity index (χ4v) is 5.31. The molecule has 1 aromatic heterocycles. The van der Waals surface area contributed by atoms with Crippen LogP contribution in [0.1, 0.15) is 27.0 Å². The first-order chi connectivity index (χ1) is 20.6. The van der Waals surface area contributed by atoms with Gasteiger partial charge in [-0.3, -0.25) is 14.2 Å². The number of hydrogen-bond donors (Lipinski definition) is 4. The Kier molecular flexibility index (Phi) is 8.58. The van der Waals surface area contributed by atoms with Crippen LogP contribution < -0.4 is 26.6 Å². The number of aliphatic hydroxyl groups is 1. The van der Waals surface area contributed by atoms with Gasteiger partial charge in [-0.05, 0) is 65.4 Å². The van der Waals surface area contributed by atoms with Crippen LogP contribution in [-0.2, 0) is 18.3 Å². The monoisotopic (exact) mass is 588 g/mol. The molecule has 0 bridgehead atoms. The van der Waals surface area contributed by atoms with Gasteiger partial charge in [-0.15, -0.1) is 0 Å². The van der Waals surface area contributed by atoms with Gasteiger partial charge in [-0.2, -0.15) is 0 Å². The predicted octanol–water partition coefficient (Wildman–Crippen LogP) is 3.27. The summed E-state index contributed by atoms with van der Waals surface area (Å²) in [5.74, 6) is -0.695. The maximum absolute atomic E-state index is 15.5. The van der Waals surface area contributed by atoms with Crippen molar-refractivity contribution in [2.45, 2.75) is 32.5 Å². The highest BCUT2D eigenvalue weighted by molar-refractivity contribution is 6.04. The number of H-pyrrole nitrogens is 1. The van der Waals surface area contributed by atoms with Crippen LogP contribution in [0.5, 0.6) is 5.75 Å². The average Bonchev–Trinajstić information content (AvgIpc) is 3.40. The second-order valence-electron chi connectivity index (χ2n) is 10.5. The van der Waals surface area contributed by atoms with Gasteiger partial charge in [0.25, 0.3) is 11.5 Å². The average molecular weight is 589 g/mol. The highest BCUT2D eigenvalue weighted by Gasteiger charge is 2.26. The van der Waals surface area contributed by atoms with Crippen LogP contribution in [0.4, 0.5) is 10.1 Å². The summed E-state index contributed by atoms with van der Waals surface area (Å²) >= 11 is 0. The highest BCUT2D eigenvalue weighted by atomic mass is 19.1. The lowest BCUT2D eigenvalue weighted by atomic mass is 9.90. The number of ether oxygens (including phenoxy) is 2. The number of halogens is 1. The van der Waals surface area contributed by atoms with E-state index in [1.165, 1.54) is 20.2 Å². The van der Waals surface area contributed by atoms with E-state index in [2.05, 4.69) is 15.6 Å². The molecule has 2 heterocycles. The Morgan fingerprint density at radius 3 is 2.49 bits per heavy atom. The fraction of sp³-hybridized carbons (Fsp3) is 0.281. The third-order valence-electron chi connectivity index (χ3n) is 7.91. The van der Waals surface area contributed by atoms with Gasteiger partial charge >= 0.3 is 5.69 Å². The number of methoxy groups -OCH3 is 1. The van der Waals surface area contributed by atoms with Crippen molar-refractivity contribution in [3.63, 3.8) is 0 Å². The van der Waals surface area contributed by atoms with E-state index in [1.807, 2.05) is 38.1 Å². The molecule has 224 valence electrons. The van der Waals surface area contributed by atoms with E-state index in [9.17, 15) is 19.5 Å². The van der Waals surface area contributed by atoms with Gasteiger partial charge in [0, 0.05) is 31.0 Å². The molecule has 10 nitrogen and oxygen atoms in total. The molecule has 4 aromatic rings. The summed E-state index contributed by atoms with van der Waals surface area (Å²) in [5.41, 5.74) is 4.18. The molecule has 0 saturated carbocycles. The summed E-state index contributed by atoms with van der Waals surface area (Å²) < 4.78 is 27.1. The molecular weight excluding hydrogens is 555 g/mol. The lowest BCUT2D eigenvalue weighted by molar-refractivity contribution is 0.102. The van der Waals surface area contributed by atoms with E-state index in [1.54, 1.807) is 18.2 Å². The zero-order chi connectivity index (χ0) is 30.8. The number of aromatic amines is 1. The molecule has 1 fully saturated rings. The van der Waals surface area contributed by atoms with Crippen molar-refractivity contribution in [2.24, 2.45) is 7.05 Å². The summed E-state index contributed by atoms with van der Waals surface area (Å²) in [5, 5.41) is 15.9. The van der Waals surface area contributed by atoms with E-state index >= 15 is 4.39 Å². The molecule has 2 atom stereocenters. The van der Waals surface area contributed by atoms with Crippen LogP contribution in [-0.4, -0.2) is 53.0 Å². The minimum atomic E-state index is -0.701. The zero-order valence-electron chi connectivity index (χ0n) is 24.3. The minimum absolute atomic E-state index is 0.169. The topological polar surface area (TPSA) is 135 Å². The van der Waals surface area contributed by atoms with Gasteiger partial charge in [0.2, 0.25) is 0 Å². The lowest BCUT2D eigenvalue weighted by Gasteiger charge is -2.19. The summed E-state index contributed by atoms with van der Waals surface area (Å²) in [4.78, 5) is 39.5. The number of aromatic nitrogens is 2. The van der Waals surface area contributed by atoms with Gasteiger partial charge in [0.05, 0.1) is 32.5 Å². The third-order valence-corrected chi connectivity index (χ3v) is 7.91. The predicted molar refractivity (Wildman–Crippen MR) is 161 cm³/mol. The van der Waals surface area contributed by atoms with E-state index in [0.717, 1.165) is 38.6 Å². The minimum Gasteiger partial charge on any atom is -0.496 e. The van der Waals surface area contributed by atoms with Crippen molar-refractivity contribution in [3.8, 4) is 28.0 Å². The highest BCUT2D eigenvalue weighted by Crippen LogP contribution is 2.37. The van der Waals surface area contributed by atoms with Gasteiger partial charge in [0.1, 0.15) is 17.1 Å². The van der Waals surface area contributed by atoms with Crippen molar-refractivity contribution >= 4 is 11.6 Å². The number of aliphatic hydroxyl groups excluding tert-OH is 1. The van der Waals surface area contributed by atoms with Crippen molar-refractivity contribution in [1.82, 2.24) is 14.9 Å². The van der Waals surface area contributed by atoms with Crippen molar-refractivity contribution in [3.05, 3.63) is 104 Å². The molecule has 0 unspecified atom stereocenters. The molecule has 3 aromatic carbocycles. The fourth-order valence-electron chi connectivity index (χ4n) is 5.31. The van der Waals surface area contributed by atoms with E-state index in [-0.39, 0.29) is 24.8 Å². The van der Waals surface area contributed by atoms with E-state index < -0.39 is 29.1 Å². The Morgan fingerprint density at radius 1 is 1.09 bits per heavy atom. The molecular formula is C32H33FN4O6. The largest absolute Gasteiger partial charge is 0.496 e. The Hall–Kier alpha value is -4.58. The Bertz CT molecular complexity index is 1820. The molecule has 0 radical (unpaired) electrons. The number of nitrogens with zero attached hydrogens (tertiary/aromatic N) is 1. The van der Waals surface area contributed by atoms with Crippen LogP contribution in [0.15, 0.2) is 64.3 Å². The van der Waals surface area contributed by atoms with Crippen LogP contribution in [0.3, 0.4) is 0 Å². The van der Waals surface area contributed by atoms with E-state index in [0.29, 0.717) is 29.2 Å². The lowest BCUT2D eigenvalue weighted by Crippen LogP contribution is -2.38. The number of benzene rings is 3. The van der Waals surface area contributed by atoms with Gasteiger partial charge in [-0.1, -0.05) is 30.3 Å². The number of rotatable bonds is 8. The molecule has 1 aliphatic rings. The second-order valence-corrected chi connectivity index (χ2v) is 10.5. The number of nitrogens with one attached hydrogen (secondary N) is 3. The second kappa shape index (κ2) is 12.3. The number of hydrogen-bond acceptors (Lipinski definition) is 7. The summed E-state index contributed by atoms with van der Waals surface area (Å²) in [6.07, 6.45) is 0.457. The molecule has 1 saturated heterocycles. The first-order valence-electron chi connectivity index (χ1n) is 13.8. The summed E-state index contributed by atoms with van der Waals surface area (Å²) in [6.45, 7) is 4.57. The number of anilines is 1. The third kappa shape index (κ3) is 5.87. The smallest absolute Gasteiger partial charge is 0.328 e.